The Labute approximate surface area is 130 Å². The van der Waals surface area contributed by atoms with E-state index in [2.05, 4.69) is 32.9 Å². The molecule has 1 aromatic carbocycles. The monoisotopic (exact) mass is 298 g/mol. The van der Waals surface area contributed by atoms with Crippen molar-refractivity contribution < 1.29 is 9.15 Å². The standard InChI is InChI=1S/C19H22O3/c1-14(2)5-4-6-15(3)11-12-21-17-9-7-16-8-10-19(20)22-18(16)13-17/h5,7-11,13H,4,6,12H2,1-3H3/b15-11-. The molecular formula is C19H22O3. The molecular weight excluding hydrogens is 276 g/mol. The molecule has 0 bridgehead atoms. The Morgan fingerprint density at radius 1 is 1.14 bits per heavy atom. The van der Waals surface area contributed by atoms with Gasteiger partial charge in [0.2, 0.25) is 0 Å². The summed E-state index contributed by atoms with van der Waals surface area (Å²) in [6.45, 7) is 6.85. The number of rotatable bonds is 6. The summed E-state index contributed by atoms with van der Waals surface area (Å²) in [5.74, 6) is 0.704. The fourth-order valence-electron chi connectivity index (χ4n) is 2.10. The SMILES string of the molecule is CC(C)=CCC/C(C)=C\COc1ccc2ccc(=O)oc2c1. The van der Waals surface area contributed by atoms with E-state index in [1.807, 2.05) is 12.1 Å². The minimum atomic E-state index is -0.348. The minimum absolute atomic E-state index is 0.348. The van der Waals surface area contributed by atoms with E-state index in [9.17, 15) is 4.79 Å². The highest BCUT2D eigenvalue weighted by Crippen LogP contribution is 2.19. The first-order chi connectivity index (χ1) is 10.5. The van der Waals surface area contributed by atoms with Crippen molar-refractivity contribution in [3.8, 4) is 5.75 Å². The van der Waals surface area contributed by atoms with E-state index in [4.69, 9.17) is 9.15 Å². The van der Waals surface area contributed by atoms with Crippen LogP contribution >= 0.6 is 0 Å². The first-order valence-corrected chi connectivity index (χ1v) is 7.50. The summed E-state index contributed by atoms with van der Waals surface area (Å²) in [5.41, 5.74) is 2.86. The van der Waals surface area contributed by atoms with Crippen LogP contribution in [0.25, 0.3) is 11.0 Å². The molecule has 0 atom stereocenters. The molecule has 0 amide bonds. The molecule has 0 radical (unpaired) electrons. The summed E-state index contributed by atoms with van der Waals surface area (Å²) in [6, 6.07) is 8.69. The van der Waals surface area contributed by atoms with E-state index in [0.29, 0.717) is 17.9 Å². The molecule has 0 aliphatic rings. The van der Waals surface area contributed by atoms with Gasteiger partial charge < -0.3 is 9.15 Å². The van der Waals surface area contributed by atoms with E-state index in [1.165, 1.54) is 17.2 Å². The molecule has 0 fully saturated rings. The summed E-state index contributed by atoms with van der Waals surface area (Å²) >= 11 is 0. The average molecular weight is 298 g/mol. The fourth-order valence-corrected chi connectivity index (χ4v) is 2.10. The van der Waals surface area contributed by atoms with Gasteiger partial charge in [0.05, 0.1) is 0 Å². The molecule has 0 unspecified atom stereocenters. The Morgan fingerprint density at radius 3 is 2.68 bits per heavy atom. The molecule has 0 aliphatic carbocycles. The van der Waals surface area contributed by atoms with Crippen LogP contribution in [-0.4, -0.2) is 6.61 Å². The summed E-state index contributed by atoms with van der Waals surface area (Å²) in [4.78, 5) is 11.2. The molecule has 2 rings (SSSR count). The third kappa shape index (κ3) is 4.92. The maximum absolute atomic E-state index is 11.2. The highest BCUT2D eigenvalue weighted by Gasteiger charge is 2.00. The molecule has 3 nitrogen and oxygen atoms in total. The maximum atomic E-state index is 11.2. The zero-order chi connectivity index (χ0) is 15.9. The van der Waals surface area contributed by atoms with Gasteiger partial charge in [0, 0.05) is 17.5 Å². The van der Waals surface area contributed by atoms with Crippen LogP contribution in [0.4, 0.5) is 0 Å². The average Bonchev–Trinajstić information content (AvgIpc) is 2.46. The lowest BCUT2D eigenvalue weighted by atomic mass is 10.1. The summed E-state index contributed by atoms with van der Waals surface area (Å²) in [6.07, 6.45) is 6.43. The number of hydrogen-bond donors (Lipinski definition) is 0. The molecule has 1 aromatic heterocycles. The van der Waals surface area contributed by atoms with Crippen LogP contribution in [0, 0.1) is 0 Å². The van der Waals surface area contributed by atoms with Gasteiger partial charge in [0.15, 0.2) is 0 Å². The van der Waals surface area contributed by atoms with Gasteiger partial charge in [0.1, 0.15) is 17.9 Å². The molecule has 22 heavy (non-hydrogen) atoms. The summed E-state index contributed by atoms with van der Waals surface area (Å²) < 4.78 is 10.8. The molecule has 3 heteroatoms. The fraction of sp³-hybridized carbons (Fsp3) is 0.316. The first kappa shape index (κ1) is 16.1. The second-order valence-electron chi connectivity index (χ2n) is 5.64. The van der Waals surface area contributed by atoms with Gasteiger partial charge in [-0.1, -0.05) is 17.2 Å². The van der Waals surface area contributed by atoms with E-state index >= 15 is 0 Å². The van der Waals surface area contributed by atoms with Crippen molar-refractivity contribution in [2.45, 2.75) is 33.6 Å². The van der Waals surface area contributed by atoms with Gasteiger partial charge in [0.25, 0.3) is 0 Å². The van der Waals surface area contributed by atoms with Crippen LogP contribution in [0.1, 0.15) is 33.6 Å². The van der Waals surface area contributed by atoms with Gasteiger partial charge in [-0.25, -0.2) is 4.79 Å². The van der Waals surface area contributed by atoms with Crippen molar-refractivity contribution in [2.75, 3.05) is 6.61 Å². The van der Waals surface area contributed by atoms with Crippen LogP contribution < -0.4 is 10.4 Å². The van der Waals surface area contributed by atoms with E-state index in [-0.39, 0.29) is 5.63 Å². The minimum Gasteiger partial charge on any atom is -0.489 e. The lowest BCUT2D eigenvalue weighted by Crippen LogP contribution is -1.97. The van der Waals surface area contributed by atoms with Gasteiger partial charge in [-0.2, -0.15) is 0 Å². The Balaban J connectivity index is 1.94. The van der Waals surface area contributed by atoms with Crippen molar-refractivity contribution >= 4 is 11.0 Å². The summed E-state index contributed by atoms with van der Waals surface area (Å²) in [5, 5.41) is 0.889. The van der Waals surface area contributed by atoms with E-state index in [0.717, 1.165) is 18.2 Å². The van der Waals surface area contributed by atoms with Crippen LogP contribution in [-0.2, 0) is 0 Å². The van der Waals surface area contributed by atoms with E-state index < -0.39 is 0 Å². The normalized spacial score (nSPS) is 11.5. The number of hydrogen-bond acceptors (Lipinski definition) is 3. The quantitative estimate of drug-likeness (QED) is 0.564. The second kappa shape index (κ2) is 7.64. The Bertz CT molecular complexity index is 747. The van der Waals surface area contributed by atoms with Crippen molar-refractivity contribution in [2.24, 2.45) is 0 Å². The lowest BCUT2D eigenvalue weighted by molar-refractivity contribution is 0.361. The van der Waals surface area contributed by atoms with Crippen LogP contribution in [0.2, 0.25) is 0 Å². The smallest absolute Gasteiger partial charge is 0.336 e. The van der Waals surface area contributed by atoms with Crippen LogP contribution in [0.5, 0.6) is 5.75 Å². The zero-order valence-electron chi connectivity index (χ0n) is 13.4. The number of fused-ring (bicyclic) bond motifs is 1. The number of ether oxygens (including phenoxy) is 1. The molecule has 0 spiro atoms. The molecule has 0 aliphatic heterocycles. The Hall–Kier alpha value is -2.29. The van der Waals surface area contributed by atoms with Gasteiger partial charge in [-0.15, -0.1) is 0 Å². The number of allylic oxidation sites excluding steroid dienone is 3. The van der Waals surface area contributed by atoms with Crippen molar-refractivity contribution in [3.63, 3.8) is 0 Å². The van der Waals surface area contributed by atoms with Crippen molar-refractivity contribution in [3.05, 3.63) is 64.1 Å². The Kier molecular flexibility index (Phi) is 5.59. The Morgan fingerprint density at radius 2 is 1.91 bits per heavy atom. The molecule has 1 heterocycles. The maximum Gasteiger partial charge on any atom is 0.336 e. The predicted octanol–water partition coefficient (Wildman–Crippen LogP) is 4.86. The molecule has 2 aromatic rings. The highest BCUT2D eigenvalue weighted by molar-refractivity contribution is 5.77. The van der Waals surface area contributed by atoms with Crippen molar-refractivity contribution in [1.82, 2.24) is 0 Å². The molecule has 116 valence electrons. The highest BCUT2D eigenvalue weighted by atomic mass is 16.5. The molecule has 0 saturated heterocycles. The predicted molar refractivity (Wildman–Crippen MR) is 90.4 cm³/mol. The molecule has 0 N–H and O–H groups in total. The topological polar surface area (TPSA) is 39.4 Å². The van der Waals surface area contributed by atoms with Crippen LogP contribution in [0.3, 0.4) is 0 Å². The molecule has 0 saturated carbocycles. The van der Waals surface area contributed by atoms with Crippen molar-refractivity contribution in [1.29, 1.82) is 0 Å². The summed E-state index contributed by atoms with van der Waals surface area (Å²) in [7, 11) is 0. The third-order valence-electron chi connectivity index (χ3n) is 3.37. The third-order valence-corrected chi connectivity index (χ3v) is 3.37. The largest absolute Gasteiger partial charge is 0.489 e. The van der Waals surface area contributed by atoms with E-state index in [1.54, 1.807) is 12.1 Å². The lowest BCUT2D eigenvalue weighted by Gasteiger charge is -2.05. The van der Waals surface area contributed by atoms with Gasteiger partial charge >= 0.3 is 5.63 Å². The second-order valence-corrected chi connectivity index (χ2v) is 5.64. The van der Waals surface area contributed by atoms with Crippen LogP contribution in [0.15, 0.2) is 62.8 Å². The zero-order valence-corrected chi connectivity index (χ0v) is 13.4. The van der Waals surface area contributed by atoms with Gasteiger partial charge in [-0.05, 0) is 57.9 Å². The first-order valence-electron chi connectivity index (χ1n) is 7.50. The van der Waals surface area contributed by atoms with Gasteiger partial charge in [-0.3, -0.25) is 0 Å². The number of benzene rings is 1.